The standard InChI is InChI=1S/C17H16F2N4O/c1-3-9-4-5-12(11(18)6-9)22-15-10(17(20)24)7-13-16(14(15)19)21-8-23(13)2/h4-8,22H,3H2,1-2H3,(H2,20,24). The number of amides is 1. The number of carbonyl (C=O) groups is 1. The van der Waals surface area contributed by atoms with E-state index in [1.807, 2.05) is 6.92 Å². The number of hydrogen-bond donors (Lipinski definition) is 2. The molecule has 24 heavy (non-hydrogen) atoms. The third-order valence-electron chi connectivity index (χ3n) is 3.93. The summed E-state index contributed by atoms with van der Waals surface area (Å²) in [6.45, 7) is 1.90. The molecule has 0 unspecified atom stereocenters. The predicted octanol–water partition coefficient (Wildman–Crippen LogP) is 3.26. The van der Waals surface area contributed by atoms with Crippen molar-refractivity contribution in [2.45, 2.75) is 13.3 Å². The lowest BCUT2D eigenvalue weighted by atomic mass is 10.1. The zero-order chi connectivity index (χ0) is 17.4. The highest BCUT2D eigenvalue weighted by atomic mass is 19.1. The summed E-state index contributed by atoms with van der Waals surface area (Å²) in [6, 6.07) is 6.03. The van der Waals surface area contributed by atoms with Crippen molar-refractivity contribution < 1.29 is 13.6 Å². The van der Waals surface area contributed by atoms with Gasteiger partial charge in [-0.3, -0.25) is 4.79 Å². The molecule has 0 fully saturated rings. The van der Waals surface area contributed by atoms with Gasteiger partial charge in [-0.2, -0.15) is 0 Å². The second-order valence-corrected chi connectivity index (χ2v) is 5.49. The second-order valence-electron chi connectivity index (χ2n) is 5.49. The molecule has 0 aliphatic heterocycles. The van der Waals surface area contributed by atoms with Crippen LogP contribution >= 0.6 is 0 Å². The van der Waals surface area contributed by atoms with Crippen LogP contribution in [-0.2, 0) is 13.5 Å². The van der Waals surface area contributed by atoms with Crippen LogP contribution in [0.25, 0.3) is 11.0 Å². The maximum atomic E-state index is 14.8. The number of nitrogens with two attached hydrogens (primary N) is 1. The predicted molar refractivity (Wildman–Crippen MR) is 88.3 cm³/mol. The first-order chi connectivity index (χ1) is 11.4. The Bertz CT molecular complexity index is 949. The number of imidazole rings is 1. The Hall–Kier alpha value is -2.96. The topological polar surface area (TPSA) is 72.9 Å². The zero-order valence-corrected chi connectivity index (χ0v) is 13.2. The highest BCUT2D eigenvalue weighted by Crippen LogP contribution is 2.31. The van der Waals surface area contributed by atoms with Crippen molar-refractivity contribution in [3.63, 3.8) is 0 Å². The van der Waals surface area contributed by atoms with Gasteiger partial charge in [0.2, 0.25) is 0 Å². The summed E-state index contributed by atoms with van der Waals surface area (Å²) < 4.78 is 30.6. The highest BCUT2D eigenvalue weighted by Gasteiger charge is 2.20. The van der Waals surface area contributed by atoms with Crippen LogP contribution in [0, 0.1) is 11.6 Å². The van der Waals surface area contributed by atoms with Crippen LogP contribution in [-0.4, -0.2) is 15.5 Å². The molecular formula is C17H16F2N4O. The van der Waals surface area contributed by atoms with Gasteiger partial charge >= 0.3 is 0 Å². The number of carbonyl (C=O) groups excluding carboxylic acids is 1. The largest absolute Gasteiger partial charge is 0.366 e. The van der Waals surface area contributed by atoms with Crippen LogP contribution in [0.5, 0.6) is 0 Å². The summed E-state index contributed by atoms with van der Waals surface area (Å²) in [4.78, 5) is 15.7. The van der Waals surface area contributed by atoms with E-state index in [-0.39, 0.29) is 22.5 Å². The zero-order valence-electron chi connectivity index (χ0n) is 13.2. The summed E-state index contributed by atoms with van der Waals surface area (Å²) in [5.41, 5.74) is 6.49. The second kappa shape index (κ2) is 5.92. The molecule has 7 heteroatoms. The molecule has 0 atom stereocenters. The Morgan fingerprint density at radius 2 is 2.08 bits per heavy atom. The number of aromatic nitrogens is 2. The van der Waals surface area contributed by atoms with E-state index in [2.05, 4.69) is 10.3 Å². The fraction of sp³-hybridized carbons (Fsp3) is 0.176. The molecule has 0 saturated carbocycles. The number of rotatable bonds is 4. The van der Waals surface area contributed by atoms with Gasteiger partial charge < -0.3 is 15.6 Å². The Balaban J connectivity index is 2.16. The van der Waals surface area contributed by atoms with Crippen molar-refractivity contribution in [1.29, 1.82) is 0 Å². The number of aryl methyl sites for hydroxylation is 2. The third kappa shape index (κ3) is 2.58. The summed E-state index contributed by atoms with van der Waals surface area (Å²) in [5.74, 6) is -2.10. The number of nitrogens with one attached hydrogen (secondary N) is 1. The number of primary amides is 1. The molecule has 0 aliphatic rings. The Kier molecular flexibility index (Phi) is 3.92. The number of halogens is 2. The van der Waals surface area contributed by atoms with Crippen molar-refractivity contribution in [3.05, 3.63) is 53.4 Å². The normalized spacial score (nSPS) is 11.0. The molecule has 5 nitrogen and oxygen atoms in total. The molecule has 124 valence electrons. The minimum atomic E-state index is -0.815. The first kappa shape index (κ1) is 15.9. The van der Waals surface area contributed by atoms with Gasteiger partial charge in [-0.1, -0.05) is 13.0 Å². The molecule has 0 saturated heterocycles. The molecule has 0 radical (unpaired) electrons. The van der Waals surface area contributed by atoms with Crippen molar-refractivity contribution in [2.24, 2.45) is 12.8 Å². The molecule has 3 aromatic rings. The molecule has 3 N–H and O–H groups in total. The maximum Gasteiger partial charge on any atom is 0.251 e. The van der Waals surface area contributed by atoms with Crippen LogP contribution in [0.3, 0.4) is 0 Å². The fourth-order valence-corrected chi connectivity index (χ4v) is 2.56. The van der Waals surface area contributed by atoms with Crippen LogP contribution in [0.15, 0.2) is 30.6 Å². The number of nitrogens with zero attached hydrogens (tertiary/aromatic N) is 2. The summed E-state index contributed by atoms with van der Waals surface area (Å²) >= 11 is 0. The van der Waals surface area contributed by atoms with Crippen LogP contribution < -0.4 is 11.1 Å². The first-order valence-corrected chi connectivity index (χ1v) is 7.41. The van der Waals surface area contributed by atoms with Crippen molar-refractivity contribution in [2.75, 3.05) is 5.32 Å². The molecule has 0 aliphatic carbocycles. The molecule has 1 aromatic heterocycles. The van der Waals surface area contributed by atoms with Gasteiger partial charge in [0.25, 0.3) is 5.91 Å². The Morgan fingerprint density at radius 3 is 2.71 bits per heavy atom. The lowest BCUT2D eigenvalue weighted by Gasteiger charge is -2.13. The van der Waals surface area contributed by atoms with Gasteiger partial charge in [-0.25, -0.2) is 13.8 Å². The van der Waals surface area contributed by atoms with Crippen molar-refractivity contribution in [1.82, 2.24) is 9.55 Å². The summed E-state index contributed by atoms with van der Waals surface area (Å²) in [6.07, 6.45) is 2.11. The molecule has 0 bridgehead atoms. The average molecular weight is 330 g/mol. The minimum Gasteiger partial charge on any atom is -0.366 e. The van der Waals surface area contributed by atoms with E-state index in [4.69, 9.17) is 5.73 Å². The minimum absolute atomic E-state index is 0.0591. The van der Waals surface area contributed by atoms with Crippen molar-refractivity contribution >= 4 is 28.3 Å². The SMILES string of the molecule is CCc1ccc(Nc2c(C(N)=O)cc3c(ncn3C)c2F)c(F)c1. The maximum absolute atomic E-state index is 14.8. The van der Waals surface area contributed by atoms with Gasteiger partial charge in [0.05, 0.1) is 28.8 Å². The molecule has 1 amide bonds. The monoisotopic (exact) mass is 330 g/mol. The van der Waals surface area contributed by atoms with Crippen LogP contribution in [0.2, 0.25) is 0 Å². The fourth-order valence-electron chi connectivity index (χ4n) is 2.56. The molecule has 0 spiro atoms. The Morgan fingerprint density at radius 1 is 1.33 bits per heavy atom. The average Bonchev–Trinajstić information content (AvgIpc) is 2.92. The van der Waals surface area contributed by atoms with Gasteiger partial charge in [-0.05, 0) is 30.2 Å². The van der Waals surface area contributed by atoms with Crippen LogP contribution in [0.4, 0.5) is 20.2 Å². The third-order valence-corrected chi connectivity index (χ3v) is 3.93. The number of hydrogen-bond acceptors (Lipinski definition) is 3. The van der Waals surface area contributed by atoms with E-state index >= 15 is 0 Å². The van der Waals surface area contributed by atoms with Crippen molar-refractivity contribution in [3.8, 4) is 0 Å². The van der Waals surface area contributed by atoms with E-state index in [0.29, 0.717) is 11.9 Å². The van der Waals surface area contributed by atoms with E-state index < -0.39 is 17.5 Å². The van der Waals surface area contributed by atoms with Gasteiger partial charge in [-0.15, -0.1) is 0 Å². The van der Waals surface area contributed by atoms with E-state index in [0.717, 1.165) is 5.56 Å². The quantitative estimate of drug-likeness (QED) is 0.771. The highest BCUT2D eigenvalue weighted by molar-refractivity contribution is 6.03. The van der Waals surface area contributed by atoms with E-state index in [1.54, 1.807) is 17.7 Å². The van der Waals surface area contributed by atoms with Gasteiger partial charge in [0, 0.05) is 7.05 Å². The lowest BCUT2D eigenvalue weighted by molar-refractivity contribution is 0.100. The summed E-state index contributed by atoms with van der Waals surface area (Å²) in [7, 11) is 1.68. The molecule has 2 aromatic carbocycles. The first-order valence-electron chi connectivity index (χ1n) is 7.41. The smallest absolute Gasteiger partial charge is 0.251 e. The van der Waals surface area contributed by atoms with E-state index in [9.17, 15) is 13.6 Å². The molecule has 3 rings (SSSR count). The number of anilines is 2. The van der Waals surface area contributed by atoms with Crippen LogP contribution in [0.1, 0.15) is 22.8 Å². The Labute approximate surface area is 137 Å². The lowest BCUT2D eigenvalue weighted by Crippen LogP contribution is -2.15. The number of benzene rings is 2. The summed E-state index contributed by atoms with van der Waals surface area (Å²) in [5, 5.41) is 2.64. The van der Waals surface area contributed by atoms with E-state index in [1.165, 1.54) is 24.5 Å². The van der Waals surface area contributed by atoms with Gasteiger partial charge in [0.15, 0.2) is 5.82 Å². The number of fused-ring (bicyclic) bond motifs is 1. The van der Waals surface area contributed by atoms with Gasteiger partial charge in [0.1, 0.15) is 11.3 Å². The molecular weight excluding hydrogens is 314 g/mol. The molecule has 1 heterocycles.